The monoisotopic (exact) mass is 684 g/mol. The Kier molecular flexibility index (Phi) is 9.23. The normalized spacial score (nSPS) is 18.1. The lowest BCUT2D eigenvalue weighted by Crippen LogP contribution is -2.54. The van der Waals surface area contributed by atoms with Crippen molar-refractivity contribution in [1.82, 2.24) is 14.9 Å². The number of carboxylic acids is 1. The Labute approximate surface area is 269 Å². The molecule has 3 heterocycles. The van der Waals surface area contributed by atoms with Crippen LogP contribution < -0.4 is 20.5 Å². The topological polar surface area (TPSA) is 114 Å². The first-order chi connectivity index (χ1) is 22.4. The predicted molar refractivity (Wildman–Crippen MR) is 159 cm³/mol. The molecule has 16 heteroatoms. The van der Waals surface area contributed by atoms with E-state index in [1.54, 1.807) is 33.0 Å². The van der Waals surface area contributed by atoms with E-state index >= 15 is 8.78 Å². The van der Waals surface area contributed by atoms with E-state index < -0.39 is 78.3 Å². The van der Waals surface area contributed by atoms with Gasteiger partial charge >= 0.3 is 12.1 Å². The van der Waals surface area contributed by atoms with Crippen LogP contribution in [0.4, 0.5) is 36.4 Å². The maximum atomic E-state index is 15.2. The standard InChI is InChI=1S/C32H31F7N4O5/c1-15-16(2)42(3)29(45)26(40-15)20-7-6-17(19-5-4-10-48-27(19)20)11-23(30(46)47)41-28(44)25-21(33)12-18(13-22(25)34)43-9-8-31(35,36)14-24(43)32(37,38)39/h6-7,12-13,23-24H,4-5,8-11,14H2,1-3H3,(H,41,44)(H,46,47)/t23-,24+/m0/s1. The average Bonchev–Trinajstić information content (AvgIpc) is 3.00. The lowest BCUT2D eigenvalue weighted by atomic mass is 9.91. The smallest absolute Gasteiger partial charge is 0.408 e. The van der Waals surface area contributed by atoms with Gasteiger partial charge in [-0.3, -0.25) is 9.59 Å². The fourth-order valence-corrected chi connectivity index (χ4v) is 6.06. The summed E-state index contributed by atoms with van der Waals surface area (Å²) in [5, 5.41) is 12.0. The van der Waals surface area contributed by atoms with Crippen LogP contribution in [0.25, 0.3) is 11.3 Å². The highest BCUT2D eigenvalue weighted by Crippen LogP contribution is 2.42. The first-order valence-corrected chi connectivity index (χ1v) is 15.0. The number of hydrogen-bond acceptors (Lipinski definition) is 6. The molecule has 2 aliphatic rings. The number of carbonyl (C=O) groups is 2. The van der Waals surface area contributed by atoms with Gasteiger partial charge in [-0.1, -0.05) is 6.07 Å². The Morgan fingerprint density at radius 1 is 1.17 bits per heavy atom. The Balaban J connectivity index is 1.42. The molecule has 0 aliphatic carbocycles. The van der Waals surface area contributed by atoms with E-state index in [-0.39, 0.29) is 17.7 Å². The van der Waals surface area contributed by atoms with Crippen LogP contribution in [-0.4, -0.2) is 63.9 Å². The number of nitrogens with zero attached hydrogens (tertiary/aromatic N) is 3. The number of halogens is 7. The number of nitrogens with one attached hydrogen (secondary N) is 1. The largest absolute Gasteiger partial charge is 0.493 e. The number of ether oxygens (including phenoxy) is 1. The second kappa shape index (κ2) is 12.8. The number of benzene rings is 2. The highest BCUT2D eigenvalue weighted by atomic mass is 19.4. The summed E-state index contributed by atoms with van der Waals surface area (Å²) >= 11 is 0. The number of hydrogen-bond donors (Lipinski definition) is 2. The third kappa shape index (κ3) is 6.69. The van der Waals surface area contributed by atoms with Crippen molar-refractivity contribution in [2.24, 2.45) is 7.05 Å². The van der Waals surface area contributed by atoms with Crippen LogP contribution in [0.15, 0.2) is 29.1 Å². The highest BCUT2D eigenvalue weighted by molar-refractivity contribution is 5.97. The van der Waals surface area contributed by atoms with Gasteiger partial charge in [0.25, 0.3) is 17.4 Å². The number of piperidine rings is 1. The minimum Gasteiger partial charge on any atom is -0.493 e. The third-order valence-electron chi connectivity index (χ3n) is 8.82. The van der Waals surface area contributed by atoms with Gasteiger partial charge in [-0.2, -0.15) is 13.2 Å². The lowest BCUT2D eigenvalue weighted by molar-refractivity contribution is -0.175. The molecule has 3 aromatic rings. The van der Waals surface area contributed by atoms with Crippen LogP contribution in [0.5, 0.6) is 5.75 Å². The molecule has 0 radical (unpaired) electrons. The van der Waals surface area contributed by atoms with E-state index in [0.29, 0.717) is 70.3 Å². The molecule has 1 fully saturated rings. The summed E-state index contributed by atoms with van der Waals surface area (Å²) in [6, 6.07) is -0.510. The van der Waals surface area contributed by atoms with Gasteiger partial charge in [-0.25, -0.2) is 27.3 Å². The number of fused-ring (bicyclic) bond motifs is 1. The Morgan fingerprint density at radius 2 is 1.83 bits per heavy atom. The quantitative estimate of drug-likeness (QED) is 0.327. The highest BCUT2D eigenvalue weighted by Gasteiger charge is 2.52. The van der Waals surface area contributed by atoms with Crippen molar-refractivity contribution >= 4 is 17.6 Å². The van der Waals surface area contributed by atoms with Gasteiger partial charge in [0.05, 0.1) is 12.3 Å². The molecule has 0 saturated carbocycles. The minimum atomic E-state index is -5.14. The summed E-state index contributed by atoms with van der Waals surface area (Å²) in [6.07, 6.45) is -7.12. The summed E-state index contributed by atoms with van der Waals surface area (Å²) in [4.78, 5) is 43.2. The van der Waals surface area contributed by atoms with Gasteiger partial charge < -0.3 is 24.6 Å². The van der Waals surface area contributed by atoms with Crippen LogP contribution in [-0.2, 0) is 24.7 Å². The van der Waals surface area contributed by atoms with E-state index in [1.807, 2.05) is 0 Å². The SMILES string of the molecule is Cc1nc(-c2ccc(C[C@H](NC(=O)c3c(F)cc(N4CCC(F)(F)C[C@@H]4C(F)(F)F)cc3F)C(=O)O)c3c2OCCC3)c(=O)n(C)c1C. The van der Waals surface area contributed by atoms with Crippen LogP contribution in [0, 0.1) is 25.5 Å². The zero-order valence-electron chi connectivity index (χ0n) is 26.0. The summed E-state index contributed by atoms with van der Waals surface area (Å²) in [5.41, 5.74) is 0.443. The van der Waals surface area contributed by atoms with Crippen molar-refractivity contribution < 1.29 is 50.2 Å². The van der Waals surface area contributed by atoms with Crippen molar-refractivity contribution in [3.05, 3.63) is 74.3 Å². The number of rotatable bonds is 7. The Bertz CT molecular complexity index is 1820. The van der Waals surface area contributed by atoms with Crippen molar-refractivity contribution in [2.45, 2.75) is 70.1 Å². The summed E-state index contributed by atoms with van der Waals surface area (Å²) < 4.78 is 106. The second-order valence-corrected chi connectivity index (χ2v) is 11.9. The number of carbonyl (C=O) groups excluding carboxylic acids is 1. The first kappa shape index (κ1) is 34.7. The molecule has 1 saturated heterocycles. The molecule has 2 atom stereocenters. The van der Waals surface area contributed by atoms with E-state index in [4.69, 9.17) is 4.74 Å². The number of amides is 1. The number of carboxylic acid groups (broad SMARTS) is 1. The van der Waals surface area contributed by atoms with Crippen molar-refractivity contribution in [2.75, 3.05) is 18.1 Å². The maximum Gasteiger partial charge on any atom is 0.408 e. The van der Waals surface area contributed by atoms with Crippen molar-refractivity contribution in [3.8, 4) is 17.0 Å². The number of aliphatic carboxylic acids is 1. The lowest BCUT2D eigenvalue weighted by Gasteiger charge is -2.41. The van der Waals surface area contributed by atoms with E-state index in [2.05, 4.69) is 10.3 Å². The maximum absolute atomic E-state index is 15.2. The minimum absolute atomic E-state index is 0.127. The Morgan fingerprint density at radius 3 is 2.46 bits per heavy atom. The molecule has 2 N–H and O–H groups in total. The zero-order chi connectivity index (χ0) is 35.3. The van der Waals surface area contributed by atoms with Gasteiger partial charge in [0.15, 0.2) is 0 Å². The summed E-state index contributed by atoms with van der Waals surface area (Å²) in [7, 11) is 1.60. The average molecular weight is 685 g/mol. The molecule has 258 valence electrons. The number of aromatic nitrogens is 2. The number of alkyl halides is 5. The molecule has 0 bridgehead atoms. The molecular formula is C32H31F7N4O5. The van der Waals surface area contributed by atoms with Crippen molar-refractivity contribution in [3.63, 3.8) is 0 Å². The molecule has 0 spiro atoms. The molecule has 1 aromatic heterocycles. The molecule has 2 aliphatic heterocycles. The fourth-order valence-electron chi connectivity index (χ4n) is 6.06. The van der Waals surface area contributed by atoms with Crippen LogP contribution >= 0.6 is 0 Å². The predicted octanol–water partition coefficient (Wildman–Crippen LogP) is 5.26. The fraction of sp³-hybridized carbons (Fsp3) is 0.438. The Hall–Kier alpha value is -4.63. The molecule has 2 aromatic carbocycles. The second-order valence-electron chi connectivity index (χ2n) is 11.9. The summed E-state index contributed by atoms with van der Waals surface area (Å²) in [5.74, 6) is -9.58. The van der Waals surface area contributed by atoms with E-state index in [9.17, 15) is 41.4 Å². The van der Waals surface area contributed by atoms with Crippen molar-refractivity contribution in [1.29, 1.82) is 0 Å². The van der Waals surface area contributed by atoms with Gasteiger partial charge in [-0.15, -0.1) is 0 Å². The summed E-state index contributed by atoms with van der Waals surface area (Å²) in [6.45, 7) is 2.94. The van der Waals surface area contributed by atoms with E-state index in [0.717, 1.165) is 0 Å². The number of aryl methyl sites for hydroxylation is 1. The molecule has 5 rings (SSSR count). The van der Waals surface area contributed by atoms with E-state index in [1.165, 1.54) is 4.57 Å². The molecule has 9 nitrogen and oxygen atoms in total. The zero-order valence-corrected chi connectivity index (χ0v) is 26.0. The molecule has 48 heavy (non-hydrogen) atoms. The number of anilines is 1. The molecule has 0 unspecified atom stereocenters. The van der Waals surface area contributed by atoms with Gasteiger partial charge in [0.1, 0.15) is 40.7 Å². The van der Waals surface area contributed by atoms with Gasteiger partial charge in [0, 0.05) is 49.8 Å². The molecule has 1 amide bonds. The first-order valence-electron chi connectivity index (χ1n) is 15.0. The van der Waals surface area contributed by atoms with Gasteiger partial charge in [0.2, 0.25) is 0 Å². The third-order valence-corrected chi connectivity index (χ3v) is 8.82. The van der Waals surface area contributed by atoms with Crippen LogP contribution in [0.3, 0.4) is 0 Å². The van der Waals surface area contributed by atoms with Gasteiger partial charge in [-0.05, 0) is 56.0 Å². The van der Waals surface area contributed by atoms with Crippen LogP contribution in [0.2, 0.25) is 0 Å². The molecular weight excluding hydrogens is 653 g/mol. The van der Waals surface area contributed by atoms with Crippen LogP contribution in [0.1, 0.15) is 52.1 Å².